The molecule has 0 saturated heterocycles. The maximum Gasteiger partial charge on any atom is 0.129 e. The predicted octanol–water partition coefficient (Wildman–Crippen LogP) is 18.9. The second-order valence-electron chi connectivity index (χ2n) is 20.8. The van der Waals surface area contributed by atoms with E-state index in [-0.39, 0.29) is 0 Å². The molecular formula is C75H65IS4Si. The molecule has 0 unspecified atom stereocenters. The minimum atomic E-state index is -1.47. The van der Waals surface area contributed by atoms with E-state index in [1.807, 2.05) is 0 Å². The van der Waals surface area contributed by atoms with Gasteiger partial charge in [-0.15, -0.1) is 50.9 Å². The molecule has 0 aliphatic rings. The van der Waals surface area contributed by atoms with Crippen LogP contribution >= 0.6 is 67.9 Å². The summed E-state index contributed by atoms with van der Waals surface area (Å²) >= 11 is 9.10. The minimum absolute atomic E-state index is 0.956. The number of unbranched alkanes of at least 4 members (excludes halogenated alkanes) is 4. The maximum absolute atomic E-state index is 3.55. The molecule has 4 aromatic heterocycles. The van der Waals surface area contributed by atoms with Crippen LogP contribution in [0.4, 0.5) is 0 Å². The fourth-order valence-corrected chi connectivity index (χ4v) is 12.8. The van der Waals surface area contributed by atoms with E-state index in [0.717, 1.165) is 137 Å². The van der Waals surface area contributed by atoms with Gasteiger partial charge in [0.2, 0.25) is 0 Å². The van der Waals surface area contributed by atoms with E-state index in [4.69, 9.17) is 0 Å². The smallest absolute Gasteiger partial charge is 0.126 e. The molecule has 400 valence electrons. The molecule has 0 N–H and O–H groups in total. The van der Waals surface area contributed by atoms with Crippen LogP contribution in [0.3, 0.4) is 0 Å². The Balaban J connectivity index is 0.904. The molecule has 0 saturated carbocycles. The summed E-state index contributed by atoms with van der Waals surface area (Å²) in [4.78, 5) is 8.64. The van der Waals surface area contributed by atoms with Gasteiger partial charge in [0.25, 0.3) is 0 Å². The van der Waals surface area contributed by atoms with Crippen molar-refractivity contribution < 1.29 is 0 Å². The third-order valence-corrected chi connectivity index (χ3v) is 18.4. The lowest BCUT2D eigenvalue weighted by Gasteiger charge is -2.03. The van der Waals surface area contributed by atoms with Crippen molar-refractivity contribution in [2.45, 2.75) is 124 Å². The number of halogens is 1. The second-order valence-corrected chi connectivity index (χ2v) is 31.0. The molecule has 8 rings (SSSR count). The first-order chi connectivity index (χ1) is 39.4. The van der Waals surface area contributed by atoms with Gasteiger partial charge in [-0.1, -0.05) is 162 Å². The Morgan fingerprint density at radius 2 is 0.531 bits per heavy atom. The van der Waals surface area contributed by atoms with Gasteiger partial charge in [0, 0.05) is 42.5 Å². The fraction of sp³-hybridized carbons (Fsp3) is 0.253. The van der Waals surface area contributed by atoms with E-state index in [0.29, 0.717) is 0 Å². The number of benzene rings is 4. The van der Waals surface area contributed by atoms with Gasteiger partial charge in [-0.3, -0.25) is 0 Å². The van der Waals surface area contributed by atoms with Crippen molar-refractivity contribution in [2.24, 2.45) is 0 Å². The van der Waals surface area contributed by atoms with Crippen LogP contribution in [0, 0.1) is 97.9 Å². The third-order valence-electron chi connectivity index (χ3n) is 12.8. The molecule has 0 aliphatic carbocycles. The summed E-state index contributed by atoms with van der Waals surface area (Å²) < 4.78 is 1.21. The van der Waals surface area contributed by atoms with Crippen molar-refractivity contribution in [3.05, 3.63) is 225 Å². The molecule has 0 spiro atoms. The van der Waals surface area contributed by atoms with Gasteiger partial charge in [-0.05, 0) is 218 Å². The first kappa shape index (κ1) is 60.2. The molecule has 0 bridgehead atoms. The Labute approximate surface area is 515 Å². The molecule has 0 fully saturated rings. The fourth-order valence-electron chi connectivity index (χ4n) is 8.21. The Bertz CT molecular complexity index is 3990. The van der Waals surface area contributed by atoms with E-state index in [1.165, 1.54) is 43.5 Å². The zero-order valence-electron chi connectivity index (χ0n) is 47.5. The quantitative estimate of drug-likeness (QED) is 0.0650. The molecule has 0 atom stereocenters. The number of hydrogen-bond acceptors (Lipinski definition) is 4. The van der Waals surface area contributed by atoms with Crippen LogP contribution in [0.25, 0.3) is 0 Å². The van der Waals surface area contributed by atoms with Crippen LogP contribution in [0.5, 0.6) is 0 Å². The van der Waals surface area contributed by atoms with Crippen molar-refractivity contribution in [3.8, 4) is 94.4 Å². The summed E-state index contributed by atoms with van der Waals surface area (Å²) in [6.45, 7) is 15.8. The average Bonchev–Trinajstić information content (AvgIpc) is 4.38. The Morgan fingerprint density at radius 1 is 0.309 bits per heavy atom. The second kappa shape index (κ2) is 30.8. The molecule has 0 aliphatic heterocycles. The van der Waals surface area contributed by atoms with Gasteiger partial charge in [0.05, 0.1) is 39.0 Å². The average molecular weight is 1250 g/mol. The van der Waals surface area contributed by atoms with E-state index in [2.05, 4.69) is 286 Å². The van der Waals surface area contributed by atoms with Gasteiger partial charge in [-0.2, -0.15) is 0 Å². The molecule has 4 aromatic carbocycles. The number of hydrogen-bond donors (Lipinski definition) is 0. The molecule has 8 aromatic rings. The van der Waals surface area contributed by atoms with Crippen LogP contribution in [-0.2, 0) is 25.7 Å². The zero-order valence-corrected chi connectivity index (χ0v) is 54.0. The van der Waals surface area contributed by atoms with Crippen LogP contribution in [0.1, 0.15) is 179 Å². The topological polar surface area (TPSA) is 0 Å². The molecule has 4 heterocycles. The molecule has 0 radical (unpaired) electrons. The van der Waals surface area contributed by atoms with E-state index < -0.39 is 8.07 Å². The van der Waals surface area contributed by atoms with Gasteiger partial charge in [0.15, 0.2) is 0 Å². The van der Waals surface area contributed by atoms with Gasteiger partial charge >= 0.3 is 0 Å². The highest BCUT2D eigenvalue weighted by Crippen LogP contribution is 2.27. The summed E-state index contributed by atoms with van der Waals surface area (Å²) in [5.74, 6) is 51.5. The lowest BCUT2D eigenvalue weighted by molar-refractivity contribution is 0.796. The summed E-state index contributed by atoms with van der Waals surface area (Å²) in [6, 6.07) is 42.1. The Kier molecular flexibility index (Phi) is 22.9. The standard InChI is InChI=1S/C75H65IS4Si/c1-8-12-16-63-52-68(44-35-57-22-28-60(29-23-57)40-49-74-65(18-14-10-3)54-70(79-74)46-37-62-32-41-67(76)42-33-62)77-72(63)47-38-59-26-20-56(21-27-59)34-43-69-53-64(17-13-9-2)73(78-69)48-39-61-30-24-58(25-31-61)36-45-71-55-66(19-15-11-4)75(80-71)50-51-81(5,6)7/h20-33,41-42,52-55H,8-19H2,1-7H3. The number of rotatable bonds is 12. The Hall–Kier alpha value is -6.89. The maximum atomic E-state index is 3.55. The van der Waals surface area contributed by atoms with E-state index in [1.54, 1.807) is 45.3 Å². The van der Waals surface area contributed by atoms with Crippen molar-refractivity contribution >= 4 is 76.0 Å². The summed E-state index contributed by atoms with van der Waals surface area (Å²) in [5.41, 5.74) is 15.5. The summed E-state index contributed by atoms with van der Waals surface area (Å²) in [5, 5.41) is 0. The van der Waals surface area contributed by atoms with Crippen molar-refractivity contribution in [1.29, 1.82) is 0 Å². The zero-order chi connectivity index (χ0) is 56.8. The van der Waals surface area contributed by atoms with Crippen LogP contribution in [0.15, 0.2) is 121 Å². The highest BCUT2D eigenvalue weighted by atomic mass is 127. The van der Waals surface area contributed by atoms with E-state index in [9.17, 15) is 0 Å². The van der Waals surface area contributed by atoms with Crippen molar-refractivity contribution in [2.75, 3.05) is 0 Å². The molecule has 81 heavy (non-hydrogen) atoms. The monoisotopic (exact) mass is 1250 g/mol. The minimum Gasteiger partial charge on any atom is -0.126 e. The SMILES string of the molecule is CCCCc1cc(C#Cc2ccc(I)cc2)sc1C#Cc1ccc(C#Cc2cc(CCCC)c(C#Cc3ccc(C#Cc4cc(CCCC)c(C#Cc5ccc(C#Cc6cc(CCCC)c(C#C[Si](C)(C)C)s6)cc5)s4)cc3)s2)cc1. The molecule has 6 heteroatoms. The first-order valence-electron chi connectivity index (χ1n) is 28.2. The number of aryl methyl sites for hydroxylation is 4. The lowest BCUT2D eigenvalue weighted by atomic mass is 10.1. The molecule has 0 nitrogen and oxygen atoms in total. The largest absolute Gasteiger partial charge is 0.129 e. The lowest BCUT2D eigenvalue weighted by Crippen LogP contribution is -2.16. The van der Waals surface area contributed by atoms with Gasteiger partial charge < -0.3 is 0 Å². The summed E-state index contributed by atoms with van der Waals surface area (Å²) in [6.07, 6.45) is 13.1. The summed E-state index contributed by atoms with van der Waals surface area (Å²) in [7, 11) is -1.47. The van der Waals surface area contributed by atoms with Crippen molar-refractivity contribution in [1.82, 2.24) is 0 Å². The normalized spacial score (nSPS) is 10.3. The highest BCUT2D eigenvalue weighted by Gasteiger charge is 2.12. The highest BCUT2D eigenvalue weighted by molar-refractivity contribution is 14.1. The Morgan fingerprint density at radius 3 is 0.765 bits per heavy atom. The van der Waals surface area contributed by atoms with Crippen LogP contribution < -0.4 is 0 Å². The van der Waals surface area contributed by atoms with Gasteiger partial charge in [0.1, 0.15) is 8.07 Å². The molecular weight excluding hydrogens is 1180 g/mol. The molecule has 0 amide bonds. The number of thiophene rings is 4. The van der Waals surface area contributed by atoms with Gasteiger partial charge in [-0.25, -0.2) is 0 Å². The third kappa shape index (κ3) is 19.4. The predicted molar refractivity (Wildman–Crippen MR) is 362 cm³/mol. The van der Waals surface area contributed by atoms with E-state index >= 15 is 0 Å². The first-order valence-corrected chi connectivity index (χ1v) is 36.0. The van der Waals surface area contributed by atoms with Crippen LogP contribution in [-0.4, -0.2) is 8.07 Å². The van der Waals surface area contributed by atoms with Crippen molar-refractivity contribution in [3.63, 3.8) is 0 Å². The van der Waals surface area contributed by atoms with Crippen LogP contribution in [0.2, 0.25) is 19.6 Å².